The Balaban J connectivity index is 1.84. The van der Waals surface area contributed by atoms with Gasteiger partial charge in [0.1, 0.15) is 6.61 Å². The van der Waals surface area contributed by atoms with E-state index in [0.717, 1.165) is 12.8 Å². The topological polar surface area (TPSA) is 33.3 Å². The average molecular weight is 224 g/mol. The molecular weight excluding hydrogens is 210 g/mol. The van der Waals surface area contributed by atoms with Crippen LogP contribution in [0.5, 0.6) is 0 Å². The van der Waals surface area contributed by atoms with E-state index in [0.29, 0.717) is 17.7 Å². The molecule has 0 aromatic carbocycles. The maximum Gasteiger partial charge on any atom is 0.261 e. The monoisotopic (exact) mass is 224 g/mol. The molecule has 0 aromatic heterocycles. The van der Waals surface area contributed by atoms with Crippen LogP contribution in [0, 0.1) is 0 Å². The molecule has 0 aromatic rings. The van der Waals surface area contributed by atoms with Gasteiger partial charge in [-0.1, -0.05) is 0 Å². The summed E-state index contributed by atoms with van der Waals surface area (Å²) in [5, 5.41) is 6.53. The maximum atomic E-state index is 11.6. The number of hydrogen-bond acceptors (Lipinski definition) is 2. The van der Waals surface area contributed by atoms with Gasteiger partial charge < -0.3 is 15.4 Å². The molecule has 0 saturated heterocycles. The van der Waals surface area contributed by atoms with Crippen LogP contribution in [-0.2, 0) is 4.74 Å². The number of thiocarbonyl (C=S) groups is 1. The van der Waals surface area contributed by atoms with E-state index in [9.17, 15) is 8.78 Å². The lowest BCUT2D eigenvalue weighted by Gasteiger charge is -2.09. The second-order valence-corrected chi connectivity index (χ2v) is 3.55. The van der Waals surface area contributed by atoms with Crippen molar-refractivity contribution in [1.82, 2.24) is 10.6 Å². The summed E-state index contributed by atoms with van der Waals surface area (Å²) in [6.07, 6.45) is -0.0838. The van der Waals surface area contributed by atoms with E-state index in [2.05, 4.69) is 15.4 Å². The smallest absolute Gasteiger partial charge is 0.261 e. The fourth-order valence-corrected chi connectivity index (χ4v) is 1.14. The van der Waals surface area contributed by atoms with Crippen molar-refractivity contribution in [2.24, 2.45) is 0 Å². The number of halogens is 2. The van der Waals surface area contributed by atoms with Crippen molar-refractivity contribution in [2.75, 3.05) is 19.8 Å². The van der Waals surface area contributed by atoms with Crippen LogP contribution in [0.4, 0.5) is 8.78 Å². The molecule has 1 aliphatic carbocycles. The summed E-state index contributed by atoms with van der Waals surface area (Å²) in [6.45, 7) is 0.201. The summed E-state index contributed by atoms with van der Waals surface area (Å²) in [4.78, 5) is 0. The fourth-order valence-electron chi connectivity index (χ4n) is 0.873. The summed E-state index contributed by atoms with van der Waals surface area (Å²) in [5.41, 5.74) is 0. The van der Waals surface area contributed by atoms with Gasteiger partial charge in [0.25, 0.3) is 6.43 Å². The van der Waals surface area contributed by atoms with Crippen molar-refractivity contribution in [2.45, 2.75) is 25.3 Å². The lowest BCUT2D eigenvalue weighted by atomic mass is 10.6. The maximum absolute atomic E-state index is 11.6. The Labute approximate surface area is 87.2 Å². The molecule has 0 heterocycles. The SMILES string of the molecule is FC(F)COCCNC(=S)NC1CC1. The summed E-state index contributed by atoms with van der Waals surface area (Å²) in [7, 11) is 0. The molecule has 82 valence electrons. The van der Waals surface area contributed by atoms with Crippen LogP contribution in [0.15, 0.2) is 0 Å². The molecule has 1 fully saturated rings. The first-order valence-electron chi connectivity index (χ1n) is 4.58. The van der Waals surface area contributed by atoms with Crippen molar-refractivity contribution < 1.29 is 13.5 Å². The highest BCUT2D eigenvalue weighted by molar-refractivity contribution is 7.80. The Morgan fingerprint density at radius 2 is 2.21 bits per heavy atom. The molecule has 14 heavy (non-hydrogen) atoms. The van der Waals surface area contributed by atoms with Crippen molar-refractivity contribution in [1.29, 1.82) is 0 Å². The Morgan fingerprint density at radius 3 is 2.79 bits per heavy atom. The van der Waals surface area contributed by atoms with E-state index in [1.165, 1.54) is 0 Å². The number of nitrogens with one attached hydrogen (secondary N) is 2. The summed E-state index contributed by atoms with van der Waals surface area (Å²) < 4.78 is 27.9. The van der Waals surface area contributed by atoms with Gasteiger partial charge in [0, 0.05) is 12.6 Å². The van der Waals surface area contributed by atoms with Crippen LogP contribution in [0.25, 0.3) is 0 Å². The highest BCUT2D eigenvalue weighted by Gasteiger charge is 2.21. The Bertz CT molecular complexity index is 188. The van der Waals surface area contributed by atoms with Crippen LogP contribution >= 0.6 is 12.2 Å². The van der Waals surface area contributed by atoms with Crippen LogP contribution < -0.4 is 10.6 Å². The Morgan fingerprint density at radius 1 is 1.50 bits per heavy atom. The van der Waals surface area contributed by atoms with Crippen molar-refractivity contribution in [3.8, 4) is 0 Å². The molecule has 1 rings (SSSR count). The number of rotatable bonds is 6. The molecular formula is C8H14F2N2OS. The van der Waals surface area contributed by atoms with Crippen molar-refractivity contribution in [3.63, 3.8) is 0 Å². The van der Waals surface area contributed by atoms with E-state index in [4.69, 9.17) is 12.2 Å². The molecule has 0 bridgehead atoms. The first kappa shape index (κ1) is 11.6. The normalized spacial score (nSPS) is 15.6. The summed E-state index contributed by atoms with van der Waals surface area (Å²) in [6, 6.07) is 0.511. The zero-order chi connectivity index (χ0) is 10.4. The zero-order valence-corrected chi connectivity index (χ0v) is 8.58. The van der Waals surface area contributed by atoms with Gasteiger partial charge in [0.15, 0.2) is 5.11 Å². The molecule has 0 radical (unpaired) electrons. The summed E-state index contributed by atoms with van der Waals surface area (Å²) >= 11 is 4.95. The van der Waals surface area contributed by atoms with Crippen molar-refractivity contribution in [3.05, 3.63) is 0 Å². The number of alkyl halides is 2. The third kappa shape index (κ3) is 6.04. The molecule has 0 atom stereocenters. The molecule has 2 N–H and O–H groups in total. The predicted octanol–water partition coefficient (Wildman–Crippen LogP) is 0.895. The van der Waals surface area contributed by atoms with Gasteiger partial charge in [-0.15, -0.1) is 0 Å². The van der Waals surface area contributed by atoms with Crippen LogP contribution in [0.1, 0.15) is 12.8 Å². The van der Waals surface area contributed by atoms with E-state index in [1.54, 1.807) is 0 Å². The zero-order valence-electron chi connectivity index (χ0n) is 7.76. The van der Waals surface area contributed by atoms with E-state index in [1.807, 2.05) is 0 Å². The number of ether oxygens (including phenoxy) is 1. The second-order valence-electron chi connectivity index (χ2n) is 3.14. The van der Waals surface area contributed by atoms with Gasteiger partial charge >= 0.3 is 0 Å². The molecule has 0 amide bonds. The summed E-state index contributed by atoms with van der Waals surface area (Å²) in [5.74, 6) is 0. The lowest BCUT2D eigenvalue weighted by Crippen LogP contribution is -2.38. The third-order valence-corrected chi connectivity index (χ3v) is 1.95. The van der Waals surface area contributed by atoms with Gasteiger partial charge in [0.05, 0.1) is 6.61 Å². The first-order valence-corrected chi connectivity index (χ1v) is 4.99. The first-order chi connectivity index (χ1) is 6.68. The van der Waals surface area contributed by atoms with E-state index in [-0.39, 0.29) is 6.61 Å². The predicted molar refractivity (Wildman–Crippen MR) is 53.6 cm³/mol. The number of hydrogen-bond donors (Lipinski definition) is 2. The van der Waals surface area contributed by atoms with Crippen molar-refractivity contribution >= 4 is 17.3 Å². The van der Waals surface area contributed by atoms with Crippen LogP contribution in [-0.4, -0.2) is 37.3 Å². The van der Waals surface area contributed by atoms with Gasteiger partial charge in [-0.2, -0.15) is 0 Å². The largest absolute Gasteiger partial charge is 0.374 e. The molecule has 1 saturated carbocycles. The Hall–Kier alpha value is -0.490. The quantitative estimate of drug-likeness (QED) is 0.518. The van der Waals surface area contributed by atoms with Crippen LogP contribution in [0.3, 0.4) is 0 Å². The minimum Gasteiger partial charge on any atom is -0.374 e. The fraction of sp³-hybridized carbons (Fsp3) is 0.875. The van der Waals surface area contributed by atoms with E-state index >= 15 is 0 Å². The molecule has 6 heteroatoms. The molecule has 0 spiro atoms. The third-order valence-electron chi connectivity index (χ3n) is 1.69. The second kappa shape index (κ2) is 6.08. The minimum atomic E-state index is -2.40. The molecule has 3 nitrogen and oxygen atoms in total. The standard InChI is InChI=1S/C8H14F2N2OS/c9-7(10)5-13-4-3-11-8(14)12-6-1-2-6/h6-7H,1-5H2,(H2,11,12,14). The van der Waals surface area contributed by atoms with E-state index < -0.39 is 13.0 Å². The molecule has 1 aliphatic rings. The van der Waals surface area contributed by atoms with Gasteiger partial charge in [-0.25, -0.2) is 8.78 Å². The highest BCUT2D eigenvalue weighted by Crippen LogP contribution is 2.18. The van der Waals surface area contributed by atoms with Gasteiger partial charge in [-0.05, 0) is 25.1 Å². The minimum absolute atomic E-state index is 0.247. The average Bonchev–Trinajstić information content (AvgIpc) is 2.87. The molecule has 0 aliphatic heterocycles. The van der Waals surface area contributed by atoms with Crippen LogP contribution in [0.2, 0.25) is 0 Å². The van der Waals surface area contributed by atoms with Gasteiger partial charge in [-0.3, -0.25) is 0 Å². The van der Waals surface area contributed by atoms with Gasteiger partial charge in [0.2, 0.25) is 0 Å². The molecule has 0 unspecified atom stereocenters. The lowest BCUT2D eigenvalue weighted by molar-refractivity contribution is 0.0197. The Kier molecular flexibility index (Phi) is 5.03. The highest BCUT2D eigenvalue weighted by atomic mass is 32.1.